The number of hydrogen-bond acceptors (Lipinski definition) is 3. The molecule has 0 bridgehead atoms. The van der Waals surface area contributed by atoms with Gasteiger partial charge in [-0.15, -0.1) is 0 Å². The molecule has 2 N–H and O–H groups in total. The highest BCUT2D eigenvalue weighted by Crippen LogP contribution is 2.22. The summed E-state index contributed by atoms with van der Waals surface area (Å²) in [5.74, 6) is 0. The van der Waals surface area contributed by atoms with Gasteiger partial charge in [0.25, 0.3) is 0 Å². The summed E-state index contributed by atoms with van der Waals surface area (Å²) in [5.41, 5.74) is 2.05. The predicted octanol–water partition coefficient (Wildman–Crippen LogP) is 1.49. The molecule has 0 fully saturated rings. The van der Waals surface area contributed by atoms with Crippen LogP contribution in [-0.2, 0) is 13.0 Å². The van der Waals surface area contributed by atoms with E-state index < -0.39 is 0 Å². The average molecular weight is 290 g/mol. The van der Waals surface area contributed by atoms with Gasteiger partial charge in [0.05, 0.1) is 22.0 Å². The third-order valence-corrected chi connectivity index (χ3v) is 3.54. The average Bonchev–Trinajstić information content (AvgIpc) is 2.54. The second-order valence-electron chi connectivity index (χ2n) is 3.83. The topological polar surface area (TPSA) is 50.1 Å². The Bertz CT molecular complexity index is 338. The molecule has 1 aromatic heterocycles. The Morgan fingerprint density at radius 3 is 2.75 bits per heavy atom. The van der Waals surface area contributed by atoms with Crippen LogP contribution in [0.3, 0.4) is 0 Å². The van der Waals surface area contributed by atoms with Gasteiger partial charge in [0.2, 0.25) is 0 Å². The zero-order chi connectivity index (χ0) is 12.1. The largest absolute Gasteiger partial charge is 0.391 e. The number of nitrogens with zero attached hydrogens (tertiary/aromatic N) is 2. The van der Waals surface area contributed by atoms with Gasteiger partial charge in [-0.25, -0.2) is 0 Å². The molecule has 0 spiro atoms. The van der Waals surface area contributed by atoms with Crippen LogP contribution >= 0.6 is 15.9 Å². The molecule has 0 aliphatic heterocycles. The van der Waals surface area contributed by atoms with E-state index in [4.69, 9.17) is 0 Å². The smallest absolute Gasteiger partial charge is 0.0738 e. The Hall–Kier alpha value is -0.390. The lowest BCUT2D eigenvalue weighted by molar-refractivity contribution is 0.169. The summed E-state index contributed by atoms with van der Waals surface area (Å²) in [5, 5.41) is 17.4. The van der Waals surface area contributed by atoms with Crippen LogP contribution in [0.2, 0.25) is 0 Å². The number of halogens is 1. The third kappa shape index (κ3) is 3.30. The Morgan fingerprint density at radius 1 is 1.50 bits per heavy atom. The SMILES string of the molecule is CCNCC(O)Cc1c(Br)c(C)nn1CC. The van der Waals surface area contributed by atoms with E-state index in [2.05, 4.69) is 33.3 Å². The lowest BCUT2D eigenvalue weighted by Gasteiger charge is -2.12. The summed E-state index contributed by atoms with van der Waals surface area (Å²) in [7, 11) is 0. The maximum atomic E-state index is 9.86. The van der Waals surface area contributed by atoms with Crippen LogP contribution in [0.5, 0.6) is 0 Å². The van der Waals surface area contributed by atoms with Crippen molar-refractivity contribution < 1.29 is 5.11 Å². The van der Waals surface area contributed by atoms with E-state index in [1.54, 1.807) is 0 Å². The van der Waals surface area contributed by atoms with Gasteiger partial charge in [0, 0.05) is 19.5 Å². The van der Waals surface area contributed by atoms with Crippen LogP contribution in [0.1, 0.15) is 25.2 Å². The molecule has 1 heterocycles. The third-order valence-electron chi connectivity index (χ3n) is 2.51. The summed E-state index contributed by atoms with van der Waals surface area (Å²) in [6.07, 6.45) is 0.264. The molecule has 1 aromatic rings. The first-order chi connectivity index (χ1) is 7.60. The highest BCUT2D eigenvalue weighted by atomic mass is 79.9. The van der Waals surface area contributed by atoms with Gasteiger partial charge in [-0.3, -0.25) is 4.68 Å². The van der Waals surface area contributed by atoms with Crippen LogP contribution in [0.15, 0.2) is 4.47 Å². The van der Waals surface area contributed by atoms with E-state index in [1.807, 2.05) is 18.5 Å². The Kier molecular flexibility index (Phi) is 5.44. The monoisotopic (exact) mass is 289 g/mol. The first kappa shape index (κ1) is 13.7. The van der Waals surface area contributed by atoms with Crippen molar-refractivity contribution in [1.29, 1.82) is 0 Å². The fraction of sp³-hybridized carbons (Fsp3) is 0.727. The molecule has 1 atom stereocenters. The number of aliphatic hydroxyl groups excluding tert-OH is 1. The van der Waals surface area contributed by atoms with Crippen molar-refractivity contribution in [1.82, 2.24) is 15.1 Å². The fourth-order valence-electron chi connectivity index (χ4n) is 1.67. The second kappa shape index (κ2) is 6.37. The number of rotatable bonds is 6. The molecular weight excluding hydrogens is 270 g/mol. The normalized spacial score (nSPS) is 13.1. The van der Waals surface area contributed by atoms with E-state index >= 15 is 0 Å². The lowest BCUT2D eigenvalue weighted by Crippen LogP contribution is -2.29. The van der Waals surface area contributed by atoms with Crippen molar-refractivity contribution in [3.8, 4) is 0 Å². The van der Waals surface area contributed by atoms with Crippen LogP contribution < -0.4 is 5.32 Å². The van der Waals surface area contributed by atoms with Gasteiger partial charge in [-0.05, 0) is 36.3 Å². The maximum Gasteiger partial charge on any atom is 0.0738 e. The molecule has 4 nitrogen and oxygen atoms in total. The molecule has 5 heteroatoms. The summed E-state index contributed by atoms with van der Waals surface area (Å²) >= 11 is 3.52. The van der Waals surface area contributed by atoms with Crippen molar-refractivity contribution in [3.05, 3.63) is 15.9 Å². The molecule has 92 valence electrons. The zero-order valence-electron chi connectivity index (χ0n) is 10.1. The molecule has 0 aliphatic carbocycles. The summed E-state index contributed by atoms with van der Waals surface area (Å²) in [6.45, 7) is 8.38. The summed E-state index contributed by atoms with van der Waals surface area (Å²) in [4.78, 5) is 0. The second-order valence-corrected chi connectivity index (χ2v) is 4.62. The van der Waals surface area contributed by atoms with Crippen LogP contribution in [-0.4, -0.2) is 34.1 Å². The zero-order valence-corrected chi connectivity index (χ0v) is 11.7. The van der Waals surface area contributed by atoms with Crippen LogP contribution in [0, 0.1) is 6.92 Å². The predicted molar refractivity (Wildman–Crippen MR) is 68.6 cm³/mol. The molecule has 1 unspecified atom stereocenters. The minimum atomic E-state index is -0.363. The van der Waals surface area contributed by atoms with Gasteiger partial charge < -0.3 is 10.4 Å². The molecule has 0 saturated carbocycles. The molecule has 0 radical (unpaired) electrons. The fourth-order valence-corrected chi connectivity index (χ4v) is 2.12. The lowest BCUT2D eigenvalue weighted by atomic mass is 10.2. The number of aryl methyl sites for hydroxylation is 2. The minimum Gasteiger partial charge on any atom is -0.391 e. The molecule has 0 aliphatic rings. The molecule has 1 rings (SSSR count). The van der Waals surface area contributed by atoms with Gasteiger partial charge in [-0.1, -0.05) is 6.92 Å². The number of nitrogens with one attached hydrogen (secondary N) is 1. The first-order valence-electron chi connectivity index (χ1n) is 5.70. The summed E-state index contributed by atoms with van der Waals surface area (Å²) < 4.78 is 2.96. The first-order valence-corrected chi connectivity index (χ1v) is 6.49. The Morgan fingerprint density at radius 2 is 2.19 bits per heavy atom. The number of hydrogen-bond donors (Lipinski definition) is 2. The number of aliphatic hydroxyl groups is 1. The van der Waals surface area contributed by atoms with Gasteiger partial charge >= 0.3 is 0 Å². The van der Waals surface area contributed by atoms with E-state index in [-0.39, 0.29) is 6.10 Å². The highest BCUT2D eigenvalue weighted by molar-refractivity contribution is 9.10. The van der Waals surface area contributed by atoms with Crippen LogP contribution in [0.4, 0.5) is 0 Å². The maximum absolute atomic E-state index is 9.86. The standard InChI is InChI=1S/C11H20BrN3O/c1-4-13-7-9(16)6-10-11(12)8(3)14-15(10)5-2/h9,13,16H,4-7H2,1-3H3. The molecule has 16 heavy (non-hydrogen) atoms. The van der Waals surface area contributed by atoms with Crippen molar-refractivity contribution in [3.63, 3.8) is 0 Å². The van der Waals surface area contributed by atoms with E-state index in [0.717, 1.165) is 29.0 Å². The molecule has 0 aromatic carbocycles. The van der Waals surface area contributed by atoms with Crippen molar-refractivity contribution >= 4 is 15.9 Å². The van der Waals surface area contributed by atoms with Crippen LogP contribution in [0.25, 0.3) is 0 Å². The van der Waals surface area contributed by atoms with E-state index in [9.17, 15) is 5.11 Å². The van der Waals surface area contributed by atoms with Crippen molar-refractivity contribution in [2.75, 3.05) is 13.1 Å². The highest BCUT2D eigenvalue weighted by Gasteiger charge is 2.15. The Labute approximate surface area is 105 Å². The summed E-state index contributed by atoms with van der Waals surface area (Å²) in [6, 6.07) is 0. The van der Waals surface area contributed by atoms with Gasteiger partial charge in [-0.2, -0.15) is 5.10 Å². The Balaban J connectivity index is 2.71. The van der Waals surface area contributed by atoms with Gasteiger partial charge in [0.1, 0.15) is 0 Å². The molecule has 0 amide bonds. The molecule has 0 saturated heterocycles. The van der Waals surface area contributed by atoms with Gasteiger partial charge in [0.15, 0.2) is 0 Å². The van der Waals surface area contributed by atoms with Crippen molar-refractivity contribution in [2.24, 2.45) is 0 Å². The molecular formula is C11H20BrN3O. The van der Waals surface area contributed by atoms with E-state index in [0.29, 0.717) is 13.0 Å². The number of aromatic nitrogens is 2. The van der Waals surface area contributed by atoms with E-state index in [1.165, 1.54) is 0 Å². The number of likely N-dealkylation sites (N-methyl/N-ethyl adjacent to an activating group) is 1. The van der Waals surface area contributed by atoms with Crippen molar-refractivity contribution in [2.45, 2.75) is 39.8 Å². The minimum absolute atomic E-state index is 0.363. The quantitative estimate of drug-likeness (QED) is 0.834.